The highest BCUT2D eigenvalue weighted by Gasteiger charge is 2.25. The molecule has 0 radical (unpaired) electrons. The summed E-state index contributed by atoms with van der Waals surface area (Å²) < 4.78 is 0. The Morgan fingerprint density at radius 1 is 1.22 bits per heavy atom. The second-order valence-corrected chi connectivity index (χ2v) is 8.15. The predicted octanol–water partition coefficient (Wildman–Crippen LogP) is 4.44. The van der Waals surface area contributed by atoms with Crippen molar-refractivity contribution < 1.29 is 5.11 Å². The Labute approximate surface area is 163 Å². The van der Waals surface area contributed by atoms with Crippen LogP contribution in [-0.2, 0) is 12.8 Å². The van der Waals surface area contributed by atoms with Crippen LogP contribution in [0.3, 0.4) is 0 Å². The minimum absolute atomic E-state index is 0.486. The maximum Gasteiger partial charge on any atom is 0.119 e. The molecule has 1 heterocycles. The van der Waals surface area contributed by atoms with Gasteiger partial charge in [-0.2, -0.15) is 0 Å². The van der Waals surface area contributed by atoms with Crippen LogP contribution >= 0.6 is 0 Å². The molecular formula is C24H32N2O. The van der Waals surface area contributed by atoms with Crippen LogP contribution in [0.4, 0.5) is 0 Å². The zero-order valence-corrected chi connectivity index (χ0v) is 16.5. The first kappa shape index (κ1) is 18.4. The third-order valence-electron chi connectivity index (χ3n) is 6.24. The Morgan fingerprint density at radius 3 is 3.00 bits per heavy atom. The van der Waals surface area contributed by atoms with Gasteiger partial charge in [0.25, 0.3) is 0 Å². The highest BCUT2D eigenvalue weighted by molar-refractivity contribution is 5.43. The van der Waals surface area contributed by atoms with E-state index in [4.69, 9.17) is 0 Å². The summed E-state index contributed by atoms with van der Waals surface area (Å²) in [4.78, 5) is 5.19. The van der Waals surface area contributed by atoms with E-state index in [-0.39, 0.29) is 0 Å². The molecule has 4 rings (SSSR count). The lowest BCUT2D eigenvalue weighted by Crippen LogP contribution is -2.41. The van der Waals surface area contributed by atoms with Crippen LogP contribution < -0.4 is 0 Å². The topological polar surface area (TPSA) is 26.7 Å². The summed E-state index contributed by atoms with van der Waals surface area (Å²) in [6.07, 6.45) is 15.9. The molecular weight excluding hydrogens is 332 g/mol. The first-order valence-electron chi connectivity index (χ1n) is 10.6. The molecule has 3 heteroatoms. The van der Waals surface area contributed by atoms with Crippen LogP contribution in [0.25, 0.3) is 0 Å². The highest BCUT2D eigenvalue weighted by atomic mass is 16.3. The number of aromatic hydroxyl groups is 1. The van der Waals surface area contributed by atoms with E-state index >= 15 is 0 Å². The van der Waals surface area contributed by atoms with Crippen molar-refractivity contribution in [2.75, 3.05) is 26.2 Å². The Bertz CT molecular complexity index is 762. The summed E-state index contributed by atoms with van der Waals surface area (Å²) in [5.74, 6) is 0.486. The van der Waals surface area contributed by atoms with E-state index in [1.165, 1.54) is 48.2 Å². The molecule has 0 bridgehead atoms. The van der Waals surface area contributed by atoms with Crippen molar-refractivity contribution in [2.24, 2.45) is 0 Å². The number of hydrogen-bond acceptors (Lipinski definition) is 3. The summed E-state index contributed by atoms with van der Waals surface area (Å²) in [5, 5.41) is 10.1. The van der Waals surface area contributed by atoms with Gasteiger partial charge in [0.1, 0.15) is 5.75 Å². The van der Waals surface area contributed by atoms with E-state index in [1.807, 2.05) is 12.1 Å². The smallest absolute Gasteiger partial charge is 0.119 e. The molecule has 0 aromatic heterocycles. The maximum absolute atomic E-state index is 10.1. The lowest BCUT2D eigenvalue weighted by Gasteiger charge is -2.35. The number of rotatable bonds is 7. The highest BCUT2D eigenvalue weighted by Crippen LogP contribution is 2.31. The molecule has 0 amide bonds. The zero-order valence-electron chi connectivity index (χ0n) is 16.5. The largest absolute Gasteiger partial charge is 0.508 e. The second kappa shape index (κ2) is 8.35. The number of benzene rings is 1. The zero-order chi connectivity index (χ0) is 18.6. The molecule has 0 saturated heterocycles. The van der Waals surface area contributed by atoms with Crippen LogP contribution in [0.2, 0.25) is 0 Å². The fourth-order valence-electron chi connectivity index (χ4n) is 4.86. The van der Waals surface area contributed by atoms with E-state index in [0.717, 1.165) is 38.8 Å². The van der Waals surface area contributed by atoms with Crippen molar-refractivity contribution in [3.05, 3.63) is 64.9 Å². The van der Waals surface area contributed by atoms with Crippen LogP contribution in [0.5, 0.6) is 5.75 Å². The van der Waals surface area contributed by atoms with Crippen molar-refractivity contribution >= 4 is 0 Å². The van der Waals surface area contributed by atoms with Crippen molar-refractivity contribution in [3.63, 3.8) is 0 Å². The number of nitrogens with zero attached hydrogens (tertiary/aromatic N) is 2. The van der Waals surface area contributed by atoms with E-state index in [0.29, 0.717) is 11.8 Å². The first-order valence-corrected chi connectivity index (χ1v) is 10.6. The van der Waals surface area contributed by atoms with Gasteiger partial charge < -0.3 is 10.0 Å². The Hall–Kier alpha value is -2.00. The van der Waals surface area contributed by atoms with Crippen LogP contribution in [0, 0.1) is 0 Å². The summed E-state index contributed by atoms with van der Waals surface area (Å²) in [5.41, 5.74) is 5.54. The predicted molar refractivity (Wildman–Crippen MR) is 112 cm³/mol. The van der Waals surface area contributed by atoms with Gasteiger partial charge in [-0.1, -0.05) is 37.3 Å². The number of phenols is 1. The SMILES string of the molecule is CCCN(CCCN1C=C2CC=CC=C2C1)C1CCc2c(O)cccc2C1. The molecule has 27 heavy (non-hydrogen) atoms. The van der Waals surface area contributed by atoms with Crippen molar-refractivity contribution in [2.45, 2.75) is 51.5 Å². The van der Waals surface area contributed by atoms with Gasteiger partial charge in [-0.05, 0) is 73.4 Å². The Morgan fingerprint density at radius 2 is 2.15 bits per heavy atom. The Kier molecular flexibility index (Phi) is 5.68. The van der Waals surface area contributed by atoms with Gasteiger partial charge in [0.2, 0.25) is 0 Å². The van der Waals surface area contributed by atoms with E-state index in [9.17, 15) is 5.11 Å². The fraction of sp³-hybridized carbons (Fsp3) is 0.500. The molecule has 3 nitrogen and oxygen atoms in total. The quantitative estimate of drug-likeness (QED) is 0.775. The van der Waals surface area contributed by atoms with E-state index in [2.05, 4.69) is 47.2 Å². The summed E-state index contributed by atoms with van der Waals surface area (Å²) >= 11 is 0. The molecule has 2 aliphatic carbocycles. The van der Waals surface area contributed by atoms with Gasteiger partial charge in [0.15, 0.2) is 0 Å². The Balaban J connectivity index is 1.32. The number of hydrogen-bond donors (Lipinski definition) is 1. The average molecular weight is 365 g/mol. The molecule has 144 valence electrons. The number of phenolic OH excluding ortho intramolecular Hbond substituents is 1. The molecule has 0 saturated carbocycles. The number of fused-ring (bicyclic) bond motifs is 2. The molecule has 1 aromatic rings. The van der Waals surface area contributed by atoms with Gasteiger partial charge in [0.05, 0.1) is 0 Å². The summed E-state index contributed by atoms with van der Waals surface area (Å²) in [7, 11) is 0. The molecule has 1 atom stereocenters. The lowest BCUT2D eigenvalue weighted by atomic mass is 9.86. The summed E-state index contributed by atoms with van der Waals surface area (Å²) in [6, 6.07) is 6.64. The first-order chi connectivity index (χ1) is 13.2. The summed E-state index contributed by atoms with van der Waals surface area (Å²) in [6.45, 7) is 6.86. The van der Waals surface area contributed by atoms with Gasteiger partial charge in [0, 0.05) is 31.9 Å². The van der Waals surface area contributed by atoms with Crippen LogP contribution in [0.1, 0.15) is 43.7 Å². The average Bonchev–Trinajstić information content (AvgIpc) is 3.10. The third-order valence-corrected chi connectivity index (χ3v) is 6.24. The van der Waals surface area contributed by atoms with Gasteiger partial charge in [-0.3, -0.25) is 4.90 Å². The minimum atomic E-state index is 0.486. The molecule has 1 aliphatic heterocycles. The van der Waals surface area contributed by atoms with Crippen molar-refractivity contribution in [3.8, 4) is 5.75 Å². The van der Waals surface area contributed by atoms with Gasteiger partial charge in [-0.15, -0.1) is 0 Å². The van der Waals surface area contributed by atoms with Crippen LogP contribution in [0.15, 0.2) is 53.8 Å². The van der Waals surface area contributed by atoms with Crippen molar-refractivity contribution in [1.82, 2.24) is 9.80 Å². The number of allylic oxidation sites excluding steroid dienone is 3. The van der Waals surface area contributed by atoms with E-state index < -0.39 is 0 Å². The molecule has 1 aromatic carbocycles. The lowest BCUT2D eigenvalue weighted by molar-refractivity contribution is 0.172. The monoisotopic (exact) mass is 364 g/mol. The molecule has 3 aliphatic rings. The second-order valence-electron chi connectivity index (χ2n) is 8.15. The third kappa shape index (κ3) is 4.14. The van der Waals surface area contributed by atoms with Crippen molar-refractivity contribution in [1.29, 1.82) is 0 Å². The minimum Gasteiger partial charge on any atom is -0.508 e. The maximum atomic E-state index is 10.1. The molecule has 1 unspecified atom stereocenters. The fourth-order valence-corrected chi connectivity index (χ4v) is 4.86. The molecule has 0 spiro atoms. The normalized spacial score (nSPS) is 21.1. The molecule has 0 fully saturated rings. The standard InChI is InChI=1S/C24H32N2O/c1-2-13-26(22-11-12-23-19(16-22)9-5-10-24(23)27)15-6-14-25-17-20-7-3-4-8-21(20)18-25/h3-5,7,9-10,18,22,27H,2,6,8,11-17H2,1H3. The van der Waals surface area contributed by atoms with Gasteiger partial charge >= 0.3 is 0 Å². The van der Waals surface area contributed by atoms with E-state index in [1.54, 1.807) is 0 Å². The van der Waals surface area contributed by atoms with Crippen LogP contribution in [-0.4, -0.2) is 47.1 Å². The molecule has 1 N–H and O–H groups in total. The van der Waals surface area contributed by atoms with Gasteiger partial charge in [-0.25, -0.2) is 0 Å².